The number of benzene rings is 1. The maximum atomic E-state index is 14.1. The molecule has 3 heterocycles. The summed E-state index contributed by atoms with van der Waals surface area (Å²) in [6.45, 7) is 5.06. The van der Waals surface area contributed by atoms with Gasteiger partial charge >= 0.3 is 0 Å². The molecule has 1 N–H and O–H groups in total. The van der Waals surface area contributed by atoms with Crippen molar-refractivity contribution < 1.29 is 13.5 Å². The fraction of sp³-hybridized carbons (Fsp3) is 0.300. The van der Waals surface area contributed by atoms with Crippen LogP contribution in [0.3, 0.4) is 0 Å². The van der Waals surface area contributed by atoms with Gasteiger partial charge in [0.25, 0.3) is 0 Å². The van der Waals surface area contributed by atoms with Crippen LogP contribution in [-0.4, -0.2) is 45.5 Å². The highest BCUT2D eigenvalue weighted by Crippen LogP contribution is 2.24. The first-order valence-electron chi connectivity index (χ1n) is 9.27. The first-order chi connectivity index (χ1) is 14.0. The Bertz CT molecular complexity index is 991. The monoisotopic (exact) mass is 398 g/mol. The van der Waals surface area contributed by atoms with Crippen molar-refractivity contribution in [1.82, 2.24) is 20.2 Å². The number of aromatic nitrogens is 4. The van der Waals surface area contributed by atoms with Crippen LogP contribution in [0, 0.1) is 11.8 Å². The number of morpholine rings is 1. The molecular formula is C20H20F2N6O. The highest BCUT2D eigenvalue weighted by Gasteiger charge is 2.24. The summed E-state index contributed by atoms with van der Waals surface area (Å²) in [6.07, 6.45) is 1.57. The number of anilines is 3. The van der Waals surface area contributed by atoms with Gasteiger partial charge in [0.05, 0.1) is 18.4 Å². The average molecular weight is 398 g/mol. The van der Waals surface area contributed by atoms with Crippen molar-refractivity contribution in [2.75, 3.05) is 23.3 Å². The van der Waals surface area contributed by atoms with E-state index in [0.29, 0.717) is 18.9 Å². The largest absolute Gasteiger partial charge is 0.372 e. The molecular weight excluding hydrogens is 378 g/mol. The molecule has 1 aliphatic rings. The van der Waals surface area contributed by atoms with Crippen LogP contribution in [0.25, 0.3) is 11.1 Å². The zero-order chi connectivity index (χ0) is 20.4. The second-order valence-corrected chi connectivity index (χ2v) is 7.00. The van der Waals surface area contributed by atoms with E-state index in [1.807, 2.05) is 18.7 Å². The molecule has 9 heteroatoms. The number of nitrogens with one attached hydrogen (secondary N) is 1. The summed E-state index contributed by atoms with van der Waals surface area (Å²) in [5.74, 6) is -0.0154. The normalized spacial score (nSPS) is 19.2. The molecule has 0 radical (unpaired) electrons. The zero-order valence-electron chi connectivity index (χ0n) is 16.0. The lowest BCUT2D eigenvalue weighted by Gasteiger charge is -2.35. The van der Waals surface area contributed by atoms with Crippen LogP contribution in [0.4, 0.5) is 26.4 Å². The number of hydrogen-bond acceptors (Lipinski definition) is 7. The first kappa shape index (κ1) is 19.1. The Kier molecular flexibility index (Phi) is 5.30. The van der Waals surface area contributed by atoms with Gasteiger partial charge in [-0.15, -0.1) is 5.10 Å². The van der Waals surface area contributed by atoms with Crippen molar-refractivity contribution in [3.05, 3.63) is 54.4 Å². The lowest BCUT2D eigenvalue weighted by Crippen LogP contribution is -2.46. The molecule has 1 aliphatic heterocycles. The summed E-state index contributed by atoms with van der Waals surface area (Å²) >= 11 is 0. The summed E-state index contributed by atoms with van der Waals surface area (Å²) in [4.78, 5) is 10.2. The van der Waals surface area contributed by atoms with Crippen molar-refractivity contribution in [2.45, 2.75) is 26.1 Å². The predicted molar refractivity (Wildman–Crippen MR) is 105 cm³/mol. The van der Waals surface area contributed by atoms with E-state index in [1.165, 1.54) is 18.2 Å². The van der Waals surface area contributed by atoms with Gasteiger partial charge in [-0.1, -0.05) is 12.1 Å². The van der Waals surface area contributed by atoms with Crippen LogP contribution >= 0.6 is 0 Å². The van der Waals surface area contributed by atoms with Crippen LogP contribution in [0.2, 0.25) is 0 Å². The number of hydrogen-bond donors (Lipinski definition) is 1. The van der Waals surface area contributed by atoms with Crippen molar-refractivity contribution in [3.8, 4) is 11.1 Å². The highest BCUT2D eigenvalue weighted by molar-refractivity contribution is 5.67. The lowest BCUT2D eigenvalue weighted by atomic mass is 10.1. The molecule has 7 nitrogen and oxygen atoms in total. The van der Waals surface area contributed by atoms with Crippen LogP contribution in [0.15, 0.2) is 42.6 Å². The molecule has 0 amide bonds. The molecule has 0 unspecified atom stereocenters. The van der Waals surface area contributed by atoms with Gasteiger partial charge in [0.15, 0.2) is 5.82 Å². The first-order valence-corrected chi connectivity index (χ1v) is 9.27. The van der Waals surface area contributed by atoms with Crippen molar-refractivity contribution in [2.24, 2.45) is 0 Å². The summed E-state index contributed by atoms with van der Waals surface area (Å²) < 4.78 is 33.0. The topological polar surface area (TPSA) is 76.1 Å². The number of nitrogens with zero attached hydrogens (tertiary/aromatic N) is 5. The standard InChI is InChI=1S/C20H20F2N6O/c1-12-10-28(11-13(2)29-12)20-24-17(22)8-18(26-20)25-19-7-15(9-23-27-19)14-3-5-16(21)6-4-14/h3-9,12-13H,10-11H2,1-2H3,(H,24,25,26,27)/t12-,13+. The van der Waals surface area contributed by atoms with Crippen LogP contribution in [-0.2, 0) is 4.74 Å². The summed E-state index contributed by atoms with van der Waals surface area (Å²) in [5, 5.41) is 11.0. The Morgan fingerprint density at radius 2 is 1.69 bits per heavy atom. The minimum Gasteiger partial charge on any atom is -0.372 e. The Balaban J connectivity index is 1.57. The number of ether oxygens (including phenoxy) is 1. The van der Waals surface area contributed by atoms with Crippen molar-refractivity contribution in [1.29, 1.82) is 0 Å². The maximum Gasteiger partial charge on any atom is 0.230 e. The van der Waals surface area contributed by atoms with Crippen LogP contribution in [0.5, 0.6) is 0 Å². The molecule has 1 aromatic carbocycles. The van der Waals surface area contributed by atoms with Gasteiger partial charge in [0.2, 0.25) is 11.9 Å². The molecule has 1 fully saturated rings. The van der Waals surface area contributed by atoms with Crippen LogP contribution < -0.4 is 10.2 Å². The smallest absolute Gasteiger partial charge is 0.230 e. The average Bonchev–Trinajstić information content (AvgIpc) is 2.67. The third kappa shape index (κ3) is 4.62. The van der Waals surface area contributed by atoms with E-state index in [4.69, 9.17) is 4.74 Å². The summed E-state index contributed by atoms with van der Waals surface area (Å²) in [7, 11) is 0. The summed E-state index contributed by atoms with van der Waals surface area (Å²) in [6, 6.07) is 8.99. The molecule has 150 valence electrons. The quantitative estimate of drug-likeness (QED) is 0.674. The number of rotatable bonds is 4. The van der Waals surface area contributed by atoms with E-state index in [-0.39, 0.29) is 29.8 Å². The zero-order valence-corrected chi connectivity index (χ0v) is 16.0. The van der Waals surface area contributed by atoms with Gasteiger partial charge in [-0.05, 0) is 37.6 Å². The third-order valence-electron chi connectivity index (χ3n) is 4.47. The Morgan fingerprint density at radius 1 is 0.966 bits per heavy atom. The van der Waals surface area contributed by atoms with E-state index in [2.05, 4.69) is 25.5 Å². The lowest BCUT2D eigenvalue weighted by molar-refractivity contribution is -0.00576. The molecule has 0 saturated carbocycles. The molecule has 0 bridgehead atoms. The Labute approximate surface area is 166 Å². The molecule has 2 aromatic heterocycles. The Morgan fingerprint density at radius 3 is 2.41 bits per heavy atom. The van der Waals surface area contributed by atoms with Gasteiger partial charge < -0.3 is 15.0 Å². The van der Waals surface area contributed by atoms with E-state index < -0.39 is 5.95 Å². The Hall–Kier alpha value is -3.20. The second-order valence-electron chi connectivity index (χ2n) is 7.00. The predicted octanol–water partition coefficient (Wildman–Crippen LogP) is 3.57. The maximum absolute atomic E-state index is 14.1. The molecule has 29 heavy (non-hydrogen) atoms. The molecule has 1 saturated heterocycles. The fourth-order valence-electron chi connectivity index (χ4n) is 3.31. The van der Waals surface area contributed by atoms with Gasteiger partial charge in [-0.2, -0.15) is 19.5 Å². The van der Waals surface area contributed by atoms with E-state index in [1.54, 1.807) is 24.4 Å². The molecule has 0 spiro atoms. The second kappa shape index (κ2) is 8.04. The van der Waals surface area contributed by atoms with Crippen LogP contribution in [0.1, 0.15) is 13.8 Å². The fourth-order valence-corrected chi connectivity index (χ4v) is 3.31. The van der Waals surface area contributed by atoms with Gasteiger partial charge in [-0.3, -0.25) is 0 Å². The van der Waals surface area contributed by atoms with E-state index in [9.17, 15) is 8.78 Å². The third-order valence-corrected chi connectivity index (χ3v) is 4.47. The van der Waals surface area contributed by atoms with E-state index in [0.717, 1.165) is 11.1 Å². The SMILES string of the molecule is C[C@@H]1CN(c2nc(F)cc(Nc3cc(-c4ccc(F)cc4)cnn3)n2)C[C@H](C)O1. The van der Waals surface area contributed by atoms with Gasteiger partial charge in [0, 0.05) is 24.7 Å². The highest BCUT2D eigenvalue weighted by atomic mass is 19.1. The summed E-state index contributed by atoms with van der Waals surface area (Å²) in [5.41, 5.74) is 1.53. The molecule has 2 atom stereocenters. The van der Waals surface area contributed by atoms with Crippen molar-refractivity contribution in [3.63, 3.8) is 0 Å². The van der Waals surface area contributed by atoms with E-state index >= 15 is 0 Å². The van der Waals surface area contributed by atoms with Gasteiger partial charge in [-0.25, -0.2) is 4.39 Å². The van der Waals surface area contributed by atoms with Gasteiger partial charge in [0.1, 0.15) is 11.6 Å². The minimum atomic E-state index is -0.646. The molecule has 4 rings (SSSR count). The minimum absolute atomic E-state index is 0.000263. The number of halogens is 2. The van der Waals surface area contributed by atoms with Crippen molar-refractivity contribution >= 4 is 17.6 Å². The molecule has 0 aliphatic carbocycles. The molecule has 3 aromatic rings.